The largest absolute Gasteiger partial charge is 0.197 e. The van der Waals surface area contributed by atoms with Crippen molar-refractivity contribution in [2.45, 2.75) is 25.2 Å². The van der Waals surface area contributed by atoms with Gasteiger partial charge in [0.2, 0.25) is 0 Å². The van der Waals surface area contributed by atoms with Gasteiger partial charge in [0, 0.05) is 9.75 Å². The normalized spacial score (nSPS) is 16.5. The van der Waals surface area contributed by atoms with Crippen molar-refractivity contribution in [1.82, 2.24) is 0 Å². The molecule has 1 fully saturated rings. The minimum atomic E-state index is -0.200. The van der Waals surface area contributed by atoms with Crippen LogP contribution in [0.15, 0.2) is 36.4 Å². The maximum atomic E-state index is 9.34. The average molecular weight is 239 g/mol. The molecule has 1 saturated carbocycles. The lowest BCUT2D eigenvalue weighted by Crippen LogP contribution is -2.04. The van der Waals surface area contributed by atoms with Gasteiger partial charge in [-0.2, -0.15) is 5.26 Å². The van der Waals surface area contributed by atoms with Gasteiger partial charge >= 0.3 is 0 Å². The standard InChI is InChI=1S/C15H13NS/c1-11-6-7-14(17-11)12-4-2-3-5-13(12)15(10-16)8-9-15/h2-7H,8-9H2,1H3. The molecule has 1 nitrogen and oxygen atoms in total. The minimum Gasteiger partial charge on any atom is -0.197 e. The smallest absolute Gasteiger partial charge is 0.0830 e. The summed E-state index contributed by atoms with van der Waals surface area (Å²) in [6.07, 6.45) is 2.01. The second-order valence-corrected chi connectivity index (χ2v) is 5.94. The lowest BCUT2D eigenvalue weighted by Gasteiger charge is -2.11. The van der Waals surface area contributed by atoms with E-state index in [1.54, 1.807) is 11.3 Å². The highest BCUT2D eigenvalue weighted by atomic mass is 32.1. The third-order valence-corrected chi connectivity index (χ3v) is 4.45. The molecule has 84 valence electrons. The molecule has 0 aliphatic heterocycles. The van der Waals surface area contributed by atoms with Crippen LogP contribution in [0.3, 0.4) is 0 Å². The fourth-order valence-electron chi connectivity index (χ4n) is 2.26. The van der Waals surface area contributed by atoms with Gasteiger partial charge in [0.1, 0.15) is 0 Å². The Bertz CT molecular complexity index is 599. The van der Waals surface area contributed by atoms with E-state index in [0.29, 0.717) is 0 Å². The maximum absolute atomic E-state index is 9.34. The van der Waals surface area contributed by atoms with Crippen molar-refractivity contribution in [3.8, 4) is 16.5 Å². The highest BCUT2D eigenvalue weighted by Gasteiger charge is 2.46. The lowest BCUT2D eigenvalue weighted by molar-refractivity contribution is 0.912. The quantitative estimate of drug-likeness (QED) is 0.767. The Morgan fingerprint density at radius 1 is 1.18 bits per heavy atom. The molecule has 2 aromatic rings. The van der Waals surface area contributed by atoms with Crippen molar-refractivity contribution in [2.75, 3.05) is 0 Å². The molecular formula is C15H13NS. The number of hydrogen-bond acceptors (Lipinski definition) is 2. The van der Waals surface area contributed by atoms with Gasteiger partial charge in [-0.05, 0) is 43.0 Å². The summed E-state index contributed by atoms with van der Waals surface area (Å²) in [5, 5.41) is 9.34. The number of nitriles is 1. The van der Waals surface area contributed by atoms with Crippen molar-refractivity contribution in [2.24, 2.45) is 0 Å². The predicted octanol–water partition coefficient (Wildman–Crippen LogP) is 4.28. The van der Waals surface area contributed by atoms with E-state index in [0.717, 1.165) is 12.8 Å². The van der Waals surface area contributed by atoms with Gasteiger partial charge in [-0.3, -0.25) is 0 Å². The summed E-state index contributed by atoms with van der Waals surface area (Å²) in [5.74, 6) is 0. The second kappa shape index (κ2) is 3.72. The van der Waals surface area contributed by atoms with E-state index in [2.05, 4.69) is 43.3 Å². The Kier molecular flexibility index (Phi) is 2.31. The molecule has 1 aromatic heterocycles. The molecule has 1 heterocycles. The molecule has 0 N–H and O–H groups in total. The summed E-state index contributed by atoms with van der Waals surface area (Å²) in [4.78, 5) is 2.59. The topological polar surface area (TPSA) is 23.8 Å². The molecule has 1 aromatic carbocycles. The molecule has 0 bridgehead atoms. The Morgan fingerprint density at radius 3 is 2.53 bits per heavy atom. The number of aryl methyl sites for hydroxylation is 1. The lowest BCUT2D eigenvalue weighted by atomic mass is 9.92. The van der Waals surface area contributed by atoms with Crippen LogP contribution in [-0.2, 0) is 5.41 Å². The van der Waals surface area contributed by atoms with Gasteiger partial charge in [0.05, 0.1) is 11.5 Å². The summed E-state index contributed by atoms with van der Waals surface area (Å²) < 4.78 is 0. The summed E-state index contributed by atoms with van der Waals surface area (Å²) in [5.41, 5.74) is 2.25. The molecule has 1 aliphatic carbocycles. The number of hydrogen-bond donors (Lipinski definition) is 0. The molecule has 0 spiro atoms. The Labute approximate surface area is 105 Å². The van der Waals surface area contributed by atoms with Crippen LogP contribution in [0.4, 0.5) is 0 Å². The van der Waals surface area contributed by atoms with E-state index in [9.17, 15) is 5.26 Å². The summed E-state index contributed by atoms with van der Waals surface area (Å²) in [7, 11) is 0. The first-order chi connectivity index (χ1) is 8.25. The van der Waals surface area contributed by atoms with E-state index in [1.165, 1.54) is 20.9 Å². The summed E-state index contributed by atoms with van der Waals surface area (Å²) in [6, 6.07) is 15.1. The van der Waals surface area contributed by atoms with Crippen LogP contribution in [0.25, 0.3) is 10.4 Å². The molecule has 0 amide bonds. The first-order valence-electron chi connectivity index (χ1n) is 5.83. The molecule has 0 radical (unpaired) electrons. The fraction of sp³-hybridized carbons (Fsp3) is 0.267. The van der Waals surface area contributed by atoms with E-state index in [1.807, 2.05) is 6.07 Å². The first kappa shape index (κ1) is 10.6. The summed E-state index contributed by atoms with van der Waals surface area (Å²) >= 11 is 1.80. The van der Waals surface area contributed by atoms with Gasteiger partial charge in [-0.25, -0.2) is 0 Å². The number of rotatable bonds is 2. The SMILES string of the molecule is Cc1ccc(-c2ccccc2C2(C#N)CC2)s1. The van der Waals surface area contributed by atoms with Crippen molar-refractivity contribution in [3.63, 3.8) is 0 Å². The average Bonchev–Trinajstić information content (AvgIpc) is 3.05. The van der Waals surface area contributed by atoms with Crippen LogP contribution >= 0.6 is 11.3 Å². The highest BCUT2D eigenvalue weighted by Crippen LogP contribution is 2.51. The zero-order valence-corrected chi connectivity index (χ0v) is 10.6. The van der Waals surface area contributed by atoms with Crippen LogP contribution in [0.2, 0.25) is 0 Å². The van der Waals surface area contributed by atoms with Crippen LogP contribution < -0.4 is 0 Å². The van der Waals surface area contributed by atoms with Crippen molar-refractivity contribution < 1.29 is 0 Å². The Balaban J connectivity index is 2.15. The van der Waals surface area contributed by atoms with E-state index in [-0.39, 0.29) is 5.41 Å². The van der Waals surface area contributed by atoms with Crippen molar-refractivity contribution >= 4 is 11.3 Å². The van der Waals surface area contributed by atoms with Gasteiger partial charge in [0.15, 0.2) is 0 Å². The number of benzene rings is 1. The van der Waals surface area contributed by atoms with Crippen LogP contribution in [0, 0.1) is 18.3 Å². The Morgan fingerprint density at radius 2 is 1.94 bits per heavy atom. The highest BCUT2D eigenvalue weighted by molar-refractivity contribution is 7.15. The number of thiophene rings is 1. The van der Waals surface area contributed by atoms with Crippen LogP contribution in [0.5, 0.6) is 0 Å². The van der Waals surface area contributed by atoms with Crippen molar-refractivity contribution in [1.29, 1.82) is 5.26 Å². The zero-order valence-electron chi connectivity index (χ0n) is 9.73. The van der Waals surface area contributed by atoms with Gasteiger partial charge in [-0.1, -0.05) is 24.3 Å². The zero-order chi connectivity index (χ0) is 11.9. The molecule has 3 rings (SSSR count). The third-order valence-electron chi connectivity index (χ3n) is 3.41. The minimum absolute atomic E-state index is 0.200. The van der Waals surface area contributed by atoms with E-state index >= 15 is 0 Å². The fourth-order valence-corrected chi connectivity index (χ4v) is 3.17. The molecular weight excluding hydrogens is 226 g/mol. The molecule has 1 aliphatic rings. The monoisotopic (exact) mass is 239 g/mol. The Hall–Kier alpha value is -1.59. The van der Waals surface area contributed by atoms with Crippen LogP contribution in [-0.4, -0.2) is 0 Å². The molecule has 0 unspecified atom stereocenters. The molecule has 2 heteroatoms. The van der Waals surface area contributed by atoms with Gasteiger partial charge in [-0.15, -0.1) is 11.3 Å². The number of nitrogens with zero attached hydrogens (tertiary/aromatic N) is 1. The van der Waals surface area contributed by atoms with E-state index < -0.39 is 0 Å². The van der Waals surface area contributed by atoms with Crippen LogP contribution in [0.1, 0.15) is 23.3 Å². The summed E-state index contributed by atoms with van der Waals surface area (Å²) in [6.45, 7) is 2.12. The molecule has 17 heavy (non-hydrogen) atoms. The molecule has 0 atom stereocenters. The maximum Gasteiger partial charge on any atom is 0.0830 e. The predicted molar refractivity (Wildman–Crippen MR) is 71.0 cm³/mol. The van der Waals surface area contributed by atoms with E-state index in [4.69, 9.17) is 0 Å². The molecule has 0 saturated heterocycles. The first-order valence-corrected chi connectivity index (χ1v) is 6.64. The third kappa shape index (κ3) is 1.67. The van der Waals surface area contributed by atoms with Gasteiger partial charge < -0.3 is 0 Å². The van der Waals surface area contributed by atoms with Crippen molar-refractivity contribution in [3.05, 3.63) is 46.8 Å². The second-order valence-electron chi connectivity index (χ2n) is 4.65. The van der Waals surface area contributed by atoms with Gasteiger partial charge in [0.25, 0.3) is 0 Å².